The number of carbonyl (C=O) groups is 1. The molecule has 3 N–H and O–H groups in total. The average molecular weight is 471 g/mol. The predicted molar refractivity (Wildman–Crippen MR) is 143 cm³/mol. The molecule has 0 bridgehead atoms. The molecule has 0 spiro atoms. The van der Waals surface area contributed by atoms with E-state index in [1.165, 1.54) is 0 Å². The van der Waals surface area contributed by atoms with Gasteiger partial charge in [-0.2, -0.15) is 5.26 Å². The molecule has 0 aliphatic carbocycles. The molecule has 174 valence electrons. The second kappa shape index (κ2) is 9.95. The van der Waals surface area contributed by atoms with Crippen molar-refractivity contribution in [2.24, 2.45) is 0 Å². The molecule has 0 aliphatic rings. The lowest BCUT2D eigenvalue weighted by Gasteiger charge is -2.15. The lowest BCUT2D eigenvalue weighted by Crippen LogP contribution is -2.14. The largest absolute Gasteiger partial charge is 0.355 e. The first-order chi connectivity index (χ1) is 17.6. The summed E-state index contributed by atoms with van der Waals surface area (Å²) in [5.74, 6) is -0.205. The lowest BCUT2D eigenvalue weighted by atomic mass is 10.0. The van der Waals surface area contributed by atoms with E-state index in [9.17, 15) is 10.1 Å². The summed E-state index contributed by atoms with van der Waals surface area (Å²) in [4.78, 5) is 21.6. The number of pyridine rings is 2. The second-order valence-electron chi connectivity index (χ2n) is 8.20. The van der Waals surface area contributed by atoms with E-state index in [4.69, 9.17) is 0 Å². The van der Waals surface area contributed by atoms with Crippen LogP contribution in [0.5, 0.6) is 0 Å². The van der Waals surface area contributed by atoms with E-state index in [2.05, 4.69) is 32.0 Å². The van der Waals surface area contributed by atoms with Crippen molar-refractivity contribution in [1.82, 2.24) is 9.97 Å². The zero-order chi connectivity index (χ0) is 24.9. The van der Waals surface area contributed by atoms with Crippen LogP contribution in [0.1, 0.15) is 21.5 Å². The van der Waals surface area contributed by atoms with Crippen molar-refractivity contribution in [2.45, 2.75) is 6.92 Å². The zero-order valence-electron chi connectivity index (χ0n) is 19.5. The minimum absolute atomic E-state index is 0.205. The number of hydrogen-bond acceptors (Lipinski definition) is 6. The molecule has 0 fully saturated rings. The maximum atomic E-state index is 13.2. The summed E-state index contributed by atoms with van der Waals surface area (Å²) in [7, 11) is 0. The molecule has 2 aromatic heterocycles. The number of aromatic nitrogens is 2. The van der Waals surface area contributed by atoms with Crippen LogP contribution in [-0.4, -0.2) is 15.9 Å². The summed E-state index contributed by atoms with van der Waals surface area (Å²) < 4.78 is 0. The van der Waals surface area contributed by atoms with Gasteiger partial charge in [0.1, 0.15) is 0 Å². The molecular formula is C29H22N6O. The van der Waals surface area contributed by atoms with Gasteiger partial charge in [-0.1, -0.05) is 12.1 Å². The van der Waals surface area contributed by atoms with Gasteiger partial charge in [0.05, 0.1) is 17.1 Å². The maximum absolute atomic E-state index is 13.2. The molecule has 2 heterocycles. The molecule has 0 saturated heterocycles. The molecule has 7 nitrogen and oxygen atoms in total. The highest BCUT2D eigenvalue weighted by Crippen LogP contribution is 2.29. The number of anilines is 5. The van der Waals surface area contributed by atoms with E-state index in [-0.39, 0.29) is 5.91 Å². The van der Waals surface area contributed by atoms with Gasteiger partial charge in [-0.3, -0.25) is 14.8 Å². The fourth-order valence-corrected chi connectivity index (χ4v) is 3.96. The Morgan fingerprint density at radius 2 is 1.61 bits per heavy atom. The first kappa shape index (κ1) is 22.6. The highest BCUT2D eigenvalue weighted by molar-refractivity contribution is 6.06. The fourth-order valence-electron chi connectivity index (χ4n) is 3.96. The number of nitrogens with zero attached hydrogens (tertiary/aromatic N) is 3. The molecule has 5 rings (SSSR count). The van der Waals surface area contributed by atoms with Gasteiger partial charge in [-0.15, -0.1) is 0 Å². The summed E-state index contributed by atoms with van der Waals surface area (Å²) in [5.41, 5.74) is 6.77. The summed E-state index contributed by atoms with van der Waals surface area (Å²) in [6.45, 7) is 1.91. The number of carbonyl (C=O) groups excluding carboxylic acids is 1. The van der Waals surface area contributed by atoms with Crippen molar-refractivity contribution in [3.05, 3.63) is 114 Å². The Bertz CT molecular complexity index is 1610. The Morgan fingerprint density at radius 1 is 0.806 bits per heavy atom. The first-order valence-corrected chi connectivity index (χ1v) is 11.3. The standard InChI is InChI=1S/C29H22N6O/c1-19-24(29(36)34-23-5-2-4-22(17-23)33-21-10-13-31-14-11-21)6-3-7-26(19)35-28-12-15-32-27-9-8-20(18-30)16-25(27)28/h2-17H,1H3,(H,31,33)(H,32,35)(H,34,36). The van der Waals surface area contributed by atoms with Crippen LogP contribution < -0.4 is 16.0 Å². The predicted octanol–water partition coefficient (Wildman–Crippen LogP) is 6.55. The molecule has 5 aromatic rings. The van der Waals surface area contributed by atoms with Gasteiger partial charge >= 0.3 is 0 Å². The highest BCUT2D eigenvalue weighted by Gasteiger charge is 2.14. The quantitative estimate of drug-likeness (QED) is 0.260. The topological polar surface area (TPSA) is 103 Å². The molecular weight excluding hydrogens is 448 g/mol. The molecule has 0 radical (unpaired) electrons. The zero-order valence-corrected chi connectivity index (χ0v) is 19.5. The number of rotatable bonds is 6. The van der Waals surface area contributed by atoms with Crippen LogP contribution in [0.25, 0.3) is 10.9 Å². The van der Waals surface area contributed by atoms with Crippen LogP contribution in [-0.2, 0) is 0 Å². The summed E-state index contributed by atoms with van der Waals surface area (Å²) in [6.07, 6.45) is 5.15. The third-order valence-corrected chi connectivity index (χ3v) is 5.81. The van der Waals surface area contributed by atoms with Crippen molar-refractivity contribution in [3.8, 4) is 6.07 Å². The van der Waals surface area contributed by atoms with Gasteiger partial charge in [0.2, 0.25) is 0 Å². The van der Waals surface area contributed by atoms with Gasteiger partial charge in [-0.05, 0) is 79.2 Å². The van der Waals surface area contributed by atoms with Crippen LogP contribution in [0.2, 0.25) is 0 Å². The van der Waals surface area contributed by atoms with Crippen LogP contribution in [0.3, 0.4) is 0 Å². The van der Waals surface area contributed by atoms with Crippen molar-refractivity contribution in [1.29, 1.82) is 5.26 Å². The van der Waals surface area contributed by atoms with E-state index in [1.54, 1.807) is 30.7 Å². The maximum Gasteiger partial charge on any atom is 0.256 e. The number of amides is 1. The van der Waals surface area contributed by atoms with Gasteiger partial charge in [0, 0.05) is 58.0 Å². The third kappa shape index (κ3) is 4.83. The monoisotopic (exact) mass is 470 g/mol. The lowest BCUT2D eigenvalue weighted by molar-refractivity contribution is 0.102. The molecule has 0 atom stereocenters. The number of nitrogens with one attached hydrogen (secondary N) is 3. The Hall–Kier alpha value is -5.22. The summed E-state index contributed by atoms with van der Waals surface area (Å²) >= 11 is 0. The van der Waals surface area contributed by atoms with Crippen molar-refractivity contribution < 1.29 is 4.79 Å². The smallest absolute Gasteiger partial charge is 0.256 e. The first-order valence-electron chi connectivity index (χ1n) is 11.3. The Balaban J connectivity index is 1.38. The van der Waals surface area contributed by atoms with Gasteiger partial charge in [0.25, 0.3) is 5.91 Å². The molecule has 1 amide bonds. The van der Waals surface area contributed by atoms with Crippen molar-refractivity contribution >= 4 is 45.2 Å². The summed E-state index contributed by atoms with van der Waals surface area (Å²) in [6, 6.07) is 26.3. The van der Waals surface area contributed by atoms with Crippen LogP contribution in [0, 0.1) is 18.3 Å². The fraction of sp³-hybridized carbons (Fsp3) is 0.0345. The van der Waals surface area contributed by atoms with Crippen molar-refractivity contribution in [2.75, 3.05) is 16.0 Å². The van der Waals surface area contributed by atoms with Gasteiger partial charge in [0.15, 0.2) is 0 Å². The molecule has 0 unspecified atom stereocenters. The number of hydrogen-bond donors (Lipinski definition) is 3. The third-order valence-electron chi connectivity index (χ3n) is 5.81. The van der Waals surface area contributed by atoms with Crippen molar-refractivity contribution in [3.63, 3.8) is 0 Å². The molecule has 0 aliphatic heterocycles. The minimum Gasteiger partial charge on any atom is -0.355 e. The summed E-state index contributed by atoms with van der Waals surface area (Å²) in [5, 5.41) is 19.8. The average Bonchev–Trinajstić information content (AvgIpc) is 2.90. The Morgan fingerprint density at radius 3 is 2.44 bits per heavy atom. The van der Waals surface area contributed by atoms with Crippen LogP contribution in [0.15, 0.2) is 97.5 Å². The van der Waals surface area contributed by atoms with E-state index < -0.39 is 0 Å². The van der Waals surface area contributed by atoms with E-state index in [1.807, 2.05) is 73.7 Å². The molecule has 36 heavy (non-hydrogen) atoms. The van der Waals surface area contributed by atoms with Crippen LogP contribution in [0.4, 0.5) is 28.4 Å². The normalized spacial score (nSPS) is 10.4. The van der Waals surface area contributed by atoms with E-state index >= 15 is 0 Å². The number of fused-ring (bicyclic) bond motifs is 1. The highest BCUT2D eigenvalue weighted by atomic mass is 16.1. The van der Waals surface area contributed by atoms with E-state index in [0.29, 0.717) is 16.8 Å². The molecule has 7 heteroatoms. The van der Waals surface area contributed by atoms with Gasteiger partial charge in [-0.25, -0.2) is 0 Å². The van der Waals surface area contributed by atoms with E-state index in [0.717, 1.165) is 39.2 Å². The minimum atomic E-state index is -0.205. The number of benzene rings is 3. The second-order valence-corrected chi connectivity index (χ2v) is 8.20. The molecule has 0 saturated carbocycles. The SMILES string of the molecule is Cc1c(Nc2ccnc3ccc(C#N)cc23)cccc1C(=O)Nc1cccc(Nc2ccncc2)c1. The Labute approximate surface area is 208 Å². The Kier molecular flexibility index (Phi) is 6.24. The number of nitriles is 1. The van der Waals surface area contributed by atoms with Gasteiger partial charge < -0.3 is 16.0 Å². The molecule has 3 aromatic carbocycles. The van der Waals surface area contributed by atoms with Crippen LogP contribution >= 0.6 is 0 Å².